The van der Waals surface area contributed by atoms with Gasteiger partial charge >= 0.3 is 12.1 Å². The van der Waals surface area contributed by atoms with Gasteiger partial charge in [-0.3, -0.25) is 4.79 Å². The molecular formula is C40H28Cl2F4N4O4S. The Bertz CT molecular complexity index is 2240. The van der Waals surface area contributed by atoms with Crippen molar-refractivity contribution in [1.82, 2.24) is 14.9 Å². The summed E-state index contributed by atoms with van der Waals surface area (Å²) in [6, 6.07) is 39.5. The number of benzene rings is 5. The van der Waals surface area contributed by atoms with Crippen LogP contribution in [0.25, 0.3) is 0 Å². The van der Waals surface area contributed by atoms with Gasteiger partial charge in [-0.15, -0.1) is 0 Å². The number of imidazole rings is 1. The summed E-state index contributed by atoms with van der Waals surface area (Å²) in [4.78, 5) is 27.3. The quantitative estimate of drug-likeness (QED) is 0.0804. The third-order valence-electron chi connectivity index (χ3n) is 8.06. The lowest BCUT2D eigenvalue weighted by Gasteiger charge is -2.38. The van der Waals surface area contributed by atoms with E-state index >= 15 is 4.39 Å². The van der Waals surface area contributed by atoms with Gasteiger partial charge in [0.2, 0.25) is 0 Å². The molecule has 0 aliphatic rings. The van der Waals surface area contributed by atoms with Gasteiger partial charge < -0.3 is 19.7 Å². The second kappa shape index (κ2) is 17.6. The largest absolute Gasteiger partial charge is 0.490 e. The second-order valence-corrected chi connectivity index (χ2v) is 13.1. The number of carboxylic acid groups (broad SMARTS) is 1. The standard InChI is InChI=1S/C38H27Cl2FN4O2S.C2HF3O2/c1-48-37-44-33(36(46)43-23-26-17-18-32(40)35(34(26)41)47-31-20-25(22-42)19-30(39)21-31)24-45(37)38(27-11-5-2-6-12-27,28-13-7-3-8-14-28)29-15-9-4-10-16-29;3-2(4,5)1(6)7/h2-21,24H,23H2,1H3,(H,43,46);(H,6,7). The van der Waals surface area contributed by atoms with E-state index in [9.17, 15) is 23.2 Å². The lowest BCUT2D eigenvalue weighted by molar-refractivity contribution is -0.192. The molecule has 5 aromatic carbocycles. The van der Waals surface area contributed by atoms with Gasteiger partial charge in [0.25, 0.3) is 5.91 Å². The minimum Gasteiger partial charge on any atom is -0.475 e. The Morgan fingerprint density at radius 2 is 1.42 bits per heavy atom. The van der Waals surface area contributed by atoms with Gasteiger partial charge in [0.1, 0.15) is 17.0 Å². The molecule has 6 aromatic rings. The summed E-state index contributed by atoms with van der Waals surface area (Å²) in [5.41, 5.74) is 2.64. The number of hydrogen-bond acceptors (Lipinski definition) is 6. The Kier molecular flexibility index (Phi) is 12.9. The highest BCUT2D eigenvalue weighted by Crippen LogP contribution is 2.43. The summed E-state index contributed by atoms with van der Waals surface area (Å²) in [5.74, 6) is -4.10. The molecule has 0 radical (unpaired) electrons. The minimum atomic E-state index is -5.08. The zero-order valence-corrected chi connectivity index (χ0v) is 30.8. The number of aromatic nitrogens is 2. The zero-order valence-electron chi connectivity index (χ0n) is 28.5. The molecule has 0 unspecified atom stereocenters. The normalized spacial score (nSPS) is 11.2. The number of carbonyl (C=O) groups is 2. The van der Waals surface area contributed by atoms with Crippen LogP contribution in [0, 0.1) is 17.1 Å². The van der Waals surface area contributed by atoms with Crippen LogP contribution < -0.4 is 10.1 Å². The highest BCUT2D eigenvalue weighted by molar-refractivity contribution is 7.98. The first-order valence-electron chi connectivity index (χ1n) is 16.0. The molecule has 1 amide bonds. The molecule has 6 rings (SSSR count). The second-order valence-electron chi connectivity index (χ2n) is 11.5. The number of halogens is 6. The van der Waals surface area contributed by atoms with Crippen molar-refractivity contribution in [2.75, 3.05) is 6.26 Å². The molecule has 0 saturated carbocycles. The van der Waals surface area contributed by atoms with E-state index in [1.807, 2.05) is 71.5 Å². The van der Waals surface area contributed by atoms with Gasteiger partial charge in [0, 0.05) is 23.3 Å². The molecule has 0 fully saturated rings. The number of carbonyl (C=O) groups excluding carboxylic acids is 1. The number of aliphatic carboxylic acids is 1. The maximum absolute atomic E-state index is 15.7. The summed E-state index contributed by atoms with van der Waals surface area (Å²) < 4.78 is 55.2. The van der Waals surface area contributed by atoms with Gasteiger partial charge in [0.15, 0.2) is 16.7 Å². The van der Waals surface area contributed by atoms with E-state index in [0.29, 0.717) is 5.16 Å². The van der Waals surface area contributed by atoms with Crippen LogP contribution in [0.3, 0.4) is 0 Å². The van der Waals surface area contributed by atoms with Crippen molar-refractivity contribution in [2.45, 2.75) is 23.4 Å². The molecule has 2 N–H and O–H groups in total. The maximum Gasteiger partial charge on any atom is 0.490 e. The van der Waals surface area contributed by atoms with E-state index in [0.717, 1.165) is 16.7 Å². The van der Waals surface area contributed by atoms with E-state index in [1.54, 1.807) is 6.20 Å². The number of nitrogens with one attached hydrogen (secondary N) is 1. The smallest absolute Gasteiger partial charge is 0.475 e. The van der Waals surface area contributed by atoms with E-state index in [2.05, 4.69) is 41.7 Å². The molecule has 0 bridgehead atoms. The number of ether oxygens (including phenoxy) is 1. The summed E-state index contributed by atoms with van der Waals surface area (Å²) in [6.45, 7) is -0.167. The first-order valence-corrected chi connectivity index (χ1v) is 18.0. The van der Waals surface area contributed by atoms with Crippen LogP contribution in [0.1, 0.15) is 38.3 Å². The molecule has 0 aliphatic carbocycles. The average molecular weight is 808 g/mol. The van der Waals surface area contributed by atoms with Crippen molar-refractivity contribution in [1.29, 1.82) is 5.26 Å². The van der Waals surface area contributed by atoms with E-state index in [-0.39, 0.29) is 44.9 Å². The van der Waals surface area contributed by atoms with Gasteiger partial charge in [0.05, 0.1) is 16.7 Å². The van der Waals surface area contributed by atoms with Gasteiger partial charge in [-0.2, -0.15) is 18.4 Å². The lowest BCUT2D eigenvalue weighted by atomic mass is 9.77. The molecule has 0 atom stereocenters. The van der Waals surface area contributed by atoms with Crippen LogP contribution in [-0.4, -0.2) is 39.0 Å². The number of nitrogens with zero attached hydrogens (tertiary/aromatic N) is 3. The highest BCUT2D eigenvalue weighted by atomic mass is 35.5. The predicted octanol–water partition coefficient (Wildman–Crippen LogP) is 10.1. The maximum atomic E-state index is 15.7. The number of thioether (sulfide) groups is 1. The molecule has 55 heavy (non-hydrogen) atoms. The zero-order chi connectivity index (χ0) is 39.8. The molecule has 0 spiro atoms. The Morgan fingerprint density at radius 3 is 1.89 bits per heavy atom. The highest BCUT2D eigenvalue weighted by Gasteiger charge is 2.41. The first-order chi connectivity index (χ1) is 26.3. The fraction of sp³-hybridized carbons (Fsp3) is 0.100. The number of amides is 1. The molecule has 1 aromatic heterocycles. The SMILES string of the molecule is CSc1nc(C(=O)NCc2ccc(Cl)c(Oc3cc(Cl)cc(C#N)c3)c2F)cn1C(c1ccccc1)(c1ccccc1)c1ccccc1.O=C(O)C(F)(F)F. The number of hydrogen-bond donors (Lipinski definition) is 2. The molecule has 0 aliphatic heterocycles. The van der Waals surface area contributed by atoms with Crippen LogP contribution >= 0.6 is 35.0 Å². The average Bonchev–Trinajstić information content (AvgIpc) is 3.62. The van der Waals surface area contributed by atoms with Crippen molar-refractivity contribution < 1.29 is 37.0 Å². The van der Waals surface area contributed by atoms with Gasteiger partial charge in [-0.1, -0.05) is 132 Å². The Balaban J connectivity index is 0.000000757. The first kappa shape index (κ1) is 40.4. The van der Waals surface area contributed by atoms with Crippen LogP contribution in [0.5, 0.6) is 11.5 Å². The summed E-state index contributed by atoms with van der Waals surface area (Å²) >= 11 is 13.8. The molecule has 8 nitrogen and oxygen atoms in total. The fourth-order valence-electron chi connectivity index (χ4n) is 5.69. The Morgan fingerprint density at radius 1 is 0.891 bits per heavy atom. The van der Waals surface area contributed by atoms with Crippen molar-refractivity contribution in [3.63, 3.8) is 0 Å². The molecule has 280 valence electrons. The Hall–Kier alpha value is -5.81. The van der Waals surface area contributed by atoms with Crippen LogP contribution in [-0.2, 0) is 16.9 Å². The summed E-state index contributed by atoms with van der Waals surface area (Å²) in [5, 5.41) is 20.1. The monoisotopic (exact) mass is 806 g/mol. The molecule has 1 heterocycles. The molecule has 15 heteroatoms. The minimum absolute atomic E-state index is 0.0171. The van der Waals surface area contributed by atoms with Crippen LogP contribution in [0.2, 0.25) is 10.0 Å². The van der Waals surface area contributed by atoms with Crippen LogP contribution in [0.15, 0.2) is 133 Å². The summed E-state index contributed by atoms with van der Waals surface area (Å²) in [7, 11) is 0. The Labute approximate surface area is 326 Å². The van der Waals surface area contributed by atoms with Crippen molar-refractivity contribution in [3.8, 4) is 17.6 Å². The lowest BCUT2D eigenvalue weighted by Crippen LogP contribution is -2.38. The van der Waals surface area contributed by atoms with Gasteiger partial charge in [-0.25, -0.2) is 14.2 Å². The summed E-state index contributed by atoms with van der Waals surface area (Å²) in [6.07, 6.45) is -1.43. The van der Waals surface area contributed by atoms with Crippen LogP contribution in [0.4, 0.5) is 17.6 Å². The van der Waals surface area contributed by atoms with Crippen molar-refractivity contribution >= 4 is 46.8 Å². The number of alkyl halides is 3. The van der Waals surface area contributed by atoms with Crippen molar-refractivity contribution in [3.05, 3.63) is 177 Å². The molecular weight excluding hydrogens is 779 g/mol. The van der Waals surface area contributed by atoms with E-state index in [1.165, 1.54) is 42.1 Å². The number of carboxylic acids is 1. The third-order valence-corrected chi connectivity index (χ3v) is 9.23. The third kappa shape index (κ3) is 9.12. The molecule has 0 saturated heterocycles. The van der Waals surface area contributed by atoms with E-state index < -0.39 is 29.4 Å². The fourth-order valence-corrected chi connectivity index (χ4v) is 6.67. The predicted molar refractivity (Wildman–Crippen MR) is 201 cm³/mol. The van der Waals surface area contributed by atoms with Crippen molar-refractivity contribution in [2.24, 2.45) is 0 Å². The van der Waals surface area contributed by atoms with Gasteiger partial charge in [-0.05, 0) is 47.2 Å². The number of nitriles is 1. The number of rotatable bonds is 10. The topological polar surface area (TPSA) is 117 Å². The van der Waals surface area contributed by atoms with E-state index in [4.69, 9.17) is 42.8 Å².